The van der Waals surface area contributed by atoms with Crippen molar-refractivity contribution >= 4 is 23.7 Å². The number of hydrogen-bond donors (Lipinski definition) is 2. The average molecular weight is 510 g/mol. The summed E-state index contributed by atoms with van der Waals surface area (Å²) in [5.74, 6) is 1.10. The Bertz CT molecular complexity index is 906. The van der Waals surface area contributed by atoms with Gasteiger partial charge in [-0.3, -0.25) is 0 Å². The van der Waals surface area contributed by atoms with Crippen LogP contribution >= 0.6 is 11.8 Å². The number of thioether (sulfide) groups is 1. The van der Waals surface area contributed by atoms with E-state index in [0.717, 1.165) is 30.0 Å². The number of carbonyl (C=O) groups is 2. The molecule has 1 aromatic heterocycles. The van der Waals surface area contributed by atoms with Gasteiger partial charge in [0.05, 0.1) is 24.6 Å². The number of benzene rings is 1. The van der Waals surface area contributed by atoms with Crippen LogP contribution in [0.25, 0.3) is 11.5 Å². The second-order valence-corrected chi connectivity index (χ2v) is 9.66. The van der Waals surface area contributed by atoms with Crippen LogP contribution in [0.15, 0.2) is 40.8 Å². The first-order chi connectivity index (χ1) is 16.5. The maximum Gasteiger partial charge on any atom is 0.328 e. The summed E-state index contributed by atoms with van der Waals surface area (Å²) >= 11 is 1.73. The van der Waals surface area contributed by atoms with E-state index in [0.29, 0.717) is 42.9 Å². The molecule has 1 heterocycles. The molecule has 0 unspecified atom stereocenters. The van der Waals surface area contributed by atoms with Gasteiger partial charge in [-0.2, -0.15) is 0 Å². The van der Waals surface area contributed by atoms with Crippen molar-refractivity contribution in [1.82, 2.24) is 15.1 Å². The molecule has 2 rings (SSSR count). The van der Waals surface area contributed by atoms with E-state index in [4.69, 9.17) is 24.1 Å². The van der Waals surface area contributed by atoms with E-state index >= 15 is 0 Å². The highest BCUT2D eigenvalue weighted by Gasteiger charge is 2.11. The fourth-order valence-electron chi connectivity index (χ4n) is 2.40. The Morgan fingerprint density at radius 1 is 1.06 bits per heavy atom. The summed E-state index contributed by atoms with van der Waals surface area (Å²) in [6, 6.07) is 7.77. The third kappa shape index (κ3) is 15.6. The Balaban J connectivity index is 0.000000658. The minimum absolute atomic E-state index is 0.0968. The number of carboxylic acids is 2. The van der Waals surface area contributed by atoms with Gasteiger partial charge < -0.3 is 29.0 Å². The predicted molar refractivity (Wildman–Crippen MR) is 135 cm³/mol. The van der Waals surface area contributed by atoms with Crippen molar-refractivity contribution in [2.75, 3.05) is 39.6 Å². The summed E-state index contributed by atoms with van der Waals surface area (Å²) in [6.07, 6.45) is 2.12. The molecule has 2 aromatic rings. The average Bonchev–Trinajstić information content (AvgIpc) is 3.24. The van der Waals surface area contributed by atoms with Crippen LogP contribution in [0.5, 0.6) is 5.75 Å². The number of hydrogen-bond acceptors (Lipinski definition) is 9. The molecule has 0 bridgehead atoms. The highest BCUT2D eigenvalue weighted by Crippen LogP contribution is 2.23. The summed E-state index contributed by atoms with van der Waals surface area (Å²) in [7, 11) is 4.12. The molecule has 194 valence electrons. The van der Waals surface area contributed by atoms with Crippen molar-refractivity contribution in [3.63, 3.8) is 0 Å². The Hall–Kier alpha value is -2.89. The van der Waals surface area contributed by atoms with Gasteiger partial charge in [-0.05, 0) is 65.6 Å². The van der Waals surface area contributed by atoms with Crippen molar-refractivity contribution in [1.29, 1.82) is 0 Å². The minimum atomic E-state index is -1.26. The van der Waals surface area contributed by atoms with Crippen LogP contribution in [0.4, 0.5) is 0 Å². The Morgan fingerprint density at radius 3 is 2.23 bits per heavy atom. The van der Waals surface area contributed by atoms with E-state index in [1.54, 1.807) is 11.8 Å². The fourth-order valence-corrected chi connectivity index (χ4v) is 3.04. The summed E-state index contributed by atoms with van der Waals surface area (Å²) in [5.41, 5.74) is 0.802. The Morgan fingerprint density at radius 2 is 1.69 bits per heavy atom. The number of carboxylic acid groups (broad SMARTS) is 2. The van der Waals surface area contributed by atoms with E-state index in [2.05, 4.69) is 50.0 Å². The van der Waals surface area contributed by atoms with Crippen LogP contribution in [0.1, 0.15) is 33.1 Å². The quantitative estimate of drug-likeness (QED) is 0.301. The first kappa shape index (κ1) is 30.1. The van der Waals surface area contributed by atoms with Crippen LogP contribution in [0.3, 0.4) is 0 Å². The lowest BCUT2D eigenvalue weighted by Crippen LogP contribution is -2.20. The molecule has 0 atom stereocenters. The molecular formula is C24H35N3O7S. The maximum atomic E-state index is 9.55. The van der Waals surface area contributed by atoms with E-state index in [-0.39, 0.29) is 5.60 Å². The van der Waals surface area contributed by atoms with E-state index < -0.39 is 11.9 Å². The molecule has 0 saturated heterocycles. The third-order valence-corrected chi connectivity index (χ3v) is 4.85. The zero-order valence-electron chi connectivity index (χ0n) is 20.9. The molecule has 0 amide bonds. The second-order valence-electron chi connectivity index (χ2n) is 8.55. The minimum Gasteiger partial charge on any atom is -0.494 e. The van der Waals surface area contributed by atoms with Gasteiger partial charge >= 0.3 is 11.9 Å². The van der Waals surface area contributed by atoms with E-state index in [1.807, 2.05) is 24.3 Å². The molecule has 0 radical (unpaired) electrons. The van der Waals surface area contributed by atoms with Crippen LogP contribution in [-0.4, -0.2) is 82.5 Å². The third-order valence-electron chi connectivity index (χ3n) is 3.94. The zero-order chi connectivity index (χ0) is 26.3. The van der Waals surface area contributed by atoms with Gasteiger partial charge in [0.25, 0.3) is 0 Å². The van der Waals surface area contributed by atoms with Crippen molar-refractivity contribution < 1.29 is 33.7 Å². The molecule has 2 N–H and O–H groups in total. The van der Waals surface area contributed by atoms with Crippen LogP contribution in [0, 0.1) is 0 Å². The van der Waals surface area contributed by atoms with Gasteiger partial charge in [0.2, 0.25) is 11.8 Å². The van der Waals surface area contributed by atoms with Crippen LogP contribution in [-0.2, 0) is 20.1 Å². The smallest absolute Gasteiger partial charge is 0.328 e. The molecule has 35 heavy (non-hydrogen) atoms. The predicted octanol–water partition coefficient (Wildman–Crippen LogP) is 3.83. The number of aromatic nitrogens is 2. The molecule has 0 aliphatic heterocycles. The summed E-state index contributed by atoms with van der Waals surface area (Å²) in [6.45, 7) is 8.61. The second kappa shape index (κ2) is 15.9. The molecular weight excluding hydrogens is 474 g/mol. The highest BCUT2D eigenvalue weighted by molar-refractivity contribution is 7.98. The largest absolute Gasteiger partial charge is 0.494 e. The molecule has 0 aliphatic rings. The normalized spacial score (nSPS) is 11.4. The number of rotatable bonds is 13. The van der Waals surface area contributed by atoms with Gasteiger partial charge in [0, 0.05) is 30.0 Å². The Labute approximate surface area is 210 Å². The Kier molecular flexibility index (Phi) is 13.7. The lowest BCUT2D eigenvalue weighted by Gasteiger charge is -2.18. The van der Waals surface area contributed by atoms with E-state index in [1.165, 1.54) is 0 Å². The fraction of sp³-hybridized carbons (Fsp3) is 0.500. The van der Waals surface area contributed by atoms with Gasteiger partial charge in [0.15, 0.2) is 0 Å². The summed E-state index contributed by atoms with van der Waals surface area (Å²) < 4.78 is 17.2. The highest BCUT2D eigenvalue weighted by atomic mass is 32.2. The topological polar surface area (TPSA) is 135 Å². The van der Waals surface area contributed by atoms with Gasteiger partial charge in [-0.25, -0.2) is 9.59 Å². The first-order valence-corrected chi connectivity index (χ1v) is 12.2. The van der Waals surface area contributed by atoms with Crippen LogP contribution in [0.2, 0.25) is 0 Å². The van der Waals surface area contributed by atoms with Crippen LogP contribution < -0.4 is 4.74 Å². The molecule has 11 heteroatoms. The molecule has 10 nitrogen and oxygen atoms in total. The van der Waals surface area contributed by atoms with Crippen molar-refractivity contribution in [3.8, 4) is 17.2 Å². The lowest BCUT2D eigenvalue weighted by atomic mass is 10.2. The summed E-state index contributed by atoms with van der Waals surface area (Å²) in [5, 5.41) is 23.9. The van der Waals surface area contributed by atoms with Crippen molar-refractivity contribution in [2.45, 2.75) is 38.5 Å². The molecule has 0 saturated carbocycles. The van der Waals surface area contributed by atoms with Crippen molar-refractivity contribution in [3.05, 3.63) is 42.3 Å². The monoisotopic (exact) mass is 509 g/mol. The number of aliphatic carboxylic acids is 2. The maximum absolute atomic E-state index is 9.55. The van der Waals surface area contributed by atoms with Crippen molar-refractivity contribution in [2.24, 2.45) is 0 Å². The zero-order valence-corrected chi connectivity index (χ0v) is 21.7. The summed E-state index contributed by atoms with van der Waals surface area (Å²) in [4.78, 5) is 21.3. The number of ether oxygens (including phenoxy) is 2. The molecule has 0 spiro atoms. The van der Waals surface area contributed by atoms with Gasteiger partial charge in [-0.15, -0.1) is 22.0 Å². The molecule has 0 fully saturated rings. The molecule has 1 aromatic carbocycles. The van der Waals surface area contributed by atoms with Gasteiger partial charge in [0.1, 0.15) is 5.75 Å². The SMILES string of the molecule is CN(C)CCCOc1ccc(-c2nnc(CSCCOC(C)(C)C)o2)cc1.O=C(O)/C=C\C(=O)O. The first-order valence-electron chi connectivity index (χ1n) is 11.0. The molecule has 0 aliphatic carbocycles. The van der Waals surface area contributed by atoms with Gasteiger partial charge in [-0.1, -0.05) is 0 Å². The lowest BCUT2D eigenvalue weighted by molar-refractivity contribution is -0.134. The van der Waals surface area contributed by atoms with E-state index in [9.17, 15) is 9.59 Å². The number of nitrogens with zero attached hydrogens (tertiary/aromatic N) is 3. The standard InChI is InChI=1S/C20H31N3O3S.C4H4O4/c1-20(2,3)25-13-14-27-15-18-21-22-19(26-18)16-7-9-17(10-8-16)24-12-6-11-23(4)5;5-3(6)1-2-4(7)8/h7-10H,6,11-15H2,1-5H3;1-2H,(H,5,6)(H,7,8)/b;2-1-.